The highest BCUT2D eigenvalue weighted by Gasteiger charge is 2.14. The molecule has 0 fully saturated rings. The molecule has 4 aromatic rings. The van der Waals surface area contributed by atoms with Gasteiger partial charge in [-0.2, -0.15) is 0 Å². The zero-order valence-corrected chi connectivity index (χ0v) is 18.2. The number of nitrogens with one attached hydrogen (secondary N) is 2. The number of amides is 2. The van der Waals surface area contributed by atoms with Crippen molar-refractivity contribution >= 4 is 28.3 Å². The Hall–Kier alpha value is -4.64. The molecule has 2 heterocycles. The van der Waals surface area contributed by atoms with E-state index in [1.54, 1.807) is 24.7 Å². The lowest BCUT2D eigenvalue weighted by Crippen LogP contribution is -2.35. The molecule has 0 unspecified atom stereocenters. The van der Waals surface area contributed by atoms with E-state index in [1.165, 1.54) is 0 Å². The fourth-order valence-corrected chi connectivity index (χ4v) is 4.01. The van der Waals surface area contributed by atoms with Crippen LogP contribution in [0.3, 0.4) is 0 Å². The molecule has 5 rings (SSSR count). The van der Waals surface area contributed by atoms with Gasteiger partial charge in [0.2, 0.25) is 11.6 Å². The Morgan fingerprint density at radius 2 is 1.91 bits per heavy atom. The summed E-state index contributed by atoms with van der Waals surface area (Å²) in [5.74, 6) is 0.570. The first kappa shape index (κ1) is 21.2. The summed E-state index contributed by atoms with van der Waals surface area (Å²) < 4.78 is 8.03. The van der Waals surface area contributed by atoms with Gasteiger partial charge in [-0.15, -0.1) is 0 Å². The van der Waals surface area contributed by atoms with Gasteiger partial charge in [-0.25, -0.2) is 9.83 Å². The Morgan fingerprint density at radius 3 is 2.79 bits per heavy atom. The van der Waals surface area contributed by atoms with Crippen LogP contribution in [0.15, 0.2) is 67.1 Å². The second kappa shape index (κ2) is 9.08. The maximum Gasteiger partial charge on any atom is 0.251 e. The summed E-state index contributed by atoms with van der Waals surface area (Å²) in [5, 5.41) is 7.34. The third-order valence-corrected chi connectivity index (χ3v) is 5.70. The molecule has 0 atom stereocenters. The van der Waals surface area contributed by atoms with E-state index in [4.69, 9.17) is 11.3 Å². The van der Waals surface area contributed by atoms with Crippen LogP contribution in [-0.4, -0.2) is 34.5 Å². The van der Waals surface area contributed by atoms with Gasteiger partial charge >= 0.3 is 0 Å². The molecule has 2 amide bonds. The highest BCUT2D eigenvalue weighted by molar-refractivity contribution is 6.07. The molecule has 0 radical (unpaired) electrons. The van der Waals surface area contributed by atoms with Crippen LogP contribution in [0.5, 0.6) is 11.5 Å². The van der Waals surface area contributed by atoms with Gasteiger partial charge in [0.15, 0.2) is 0 Å². The minimum Gasteiger partial charge on any atom is -0.468 e. The number of hydrogen-bond acceptors (Lipinski definition) is 4. The van der Waals surface area contributed by atoms with Crippen LogP contribution in [0.4, 0.5) is 5.69 Å². The average Bonchev–Trinajstić information content (AvgIpc) is 3.27. The molecule has 168 valence electrons. The van der Waals surface area contributed by atoms with Gasteiger partial charge in [0, 0.05) is 37.1 Å². The number of aromatic nitrogens is 2. The van der Waals surface area contributed by atoms with Crippen molar-refractivity contribution in [2.24, 2.45) is 0 Å². The summed E-state index contributed by atoms with van der Waals surface area (Å²) in [6.07, 6.45) is 3.51. The number of benzene rings is 3. The maximum atomic E-state index is 12.9. The Labute approximate surface area is 196 Å². The number of ether oxygens (including phenoxy) is 1. The van der Waals surface area contributed by atoms with Crippen molar-refractivity contribution in [2.45, 2.75) is 13.0 Å². The molecule has 0 saturated heterocycles. The zero-order chi connectivity index (χ0) is 23.5. The lowest BCUT2D eigenvalue weighted by molar-refractivity contribution is -0.120. The molecule has 2 N–H and O–H groups in total. The number of fused-ring (bicyclic) bond motifs is 4. The van der Waals surface area contributed by atoms with Gasteiger partial charge < -0.3 is 19.9 Å². The van der Waals surface area contributed by atoms with Crippen molar-refractivity contribution in [3.05, 3.63) is 95.4 Å². The van der Waals surface area contributed by atoms with Crippen molar-refractivity contribution in [3.8, 4) is 11.5 Å². The van der Waals surface area contributed by atoms with Crippen molar-refractivity contribution in [1.82, 2.24) is 20.2 Å². The smallest absolute Gasteiger partial charge is 0.251 e. The van der Waals surface area contributed by atoms with Crippen molar-refractivity contribution < 1.29 is 14.3 Å². The summed E-state index contributed by atoms with van der Waals surface area (Å²) >= 11 is 0. The first-order chi connectivity index (χ1) is 16.6. The van der Waals surface area contributed by atoms with Crippen molar-refractivity contribution in [3.63, 3.8) is 0 Å². The molecule has 1 aromatic heterocycles. The van der Waals surface area contributed by atoms with Gasteiger partial charge in [-0.05, 0) is 40.6 Å². The largest absolute Gasteiger partial charge is 0.468 e. The fraction of sp³-hybridized carbons (Fsp3) is 0.154. The van der Waals surface area contributed by atoms with Gasteiger partial charge in [-0.3, -0.25) is 9.59 Å². The molecule has 1 aliphatic heterocycles. The van der Waals surface area contributed by atoms with Gasteiger partial charge in [0.25, 0.3) is 5.91 Å². The highest BCUT2D eigenvalue weighted by atomic mass is 16.5. The topological polar surface area (TPSA) is 89.6 Å². The van der Waals surface area contributed by atoms with E-state index in [-0.39, 0.29) is 18.2 Å². The molecular weight excluding hydrogens is 430 g/mol. The number of carbonyl (C=O) groups is 2. The van der Waals surface area contributed by atoms with E-state index in [0.29, 0.717) is 42.4 Å². The number of hydrogen-bond donors (Lipinski definition) is 2. The van der Waals surface area contributed by atoms with Gasteiger partial charge in [-0.1, -0.05) is 30.3 Å². The van der Waals surface area contributed by atoms with Crippen LogP contribution in [0.2, 0.25) is 0 Å². The normalized spacial score (nSPS) is 14.2. The Kier molecular flexibility index (Phi) is 5.67. The molecule has 3 aromatic carbocycles. The molecule has 0 saturated carbocycles. The van der Waals surface area contributed by atoms with Crippen LogP contribution in [0.1, 0.15) is 21.6 Å². The quantitative estimate of drug-likeness (QED) is 0.398. The number of carbonyl (C=O) groups excluding carboxylic acids is 2. The molecule has 0 aliphatic carbocycles. The second-order valence-corrected chi connectivity index (χ2v) is 8.00. The van der Waals surface area contributed by atoms with Crippen LogP contribution in [0.25, 0.3) is 15.6 Å². The number of imidazole rings is 1. The molecule has 8 heteroatoms. The Morgan fingerprint density at radius 1 is 1.03 bits per heavy atom. The Balaban J connectivity index is 1.59. The lowest BCUT2D eigenvalue weighted by atomic mass is 10.0. The van der Waals surface area contributed by atoms with Crippen LogP contribution >= 0.6 is 0 Å². The minimum atomic E-state index is -0.236. The molecule has 0 spiro atoms. The van der Waals surface area contributed by atoms with Gasteiger partial charge in [0.1, 0.15) is 11.5 Å². The minimum absolute atomic E-state index is 0.153. The van der Waals surface area contributed by atoms with Crippen LogP contribution in [-0.2, 0) is 17.8 Å². The first-order valence-corrected chi connectivity index (χ1v) is 10.9. The van der Waals surface area contributed by atoms with Crippen LogP contribution < -0.4 is 15.4 Å². The Bertz CT molecular complexity index is 1450. The second-order valence-electron chi connectivity index (χ2n) is 8.00. The predicted molar refractivity (Wildman–Crippen MR) is 127 cm³/mol. The molecule has 34 heavy (non-hydrogen) atoms. The van der Waals surface area contributed by atoms with E-state index in [2.05, 4.69) is 20.5 Å². The summed E-state index contributed by atoms with van der Waals surface area (Å²) in [6, 6.07) is 16.4. The SMILES string of the molecule is [C-]#[N+]c1ccc2cc1Oc1ccc3cccc(c3c1)C(=O)NCCNC(=O)Cc1cncn1C2. The molecule has 8 nitrogen and oxygen atoms in total. The third kappa shape index (κ3) is 4.32. The number of nitrogens with zero attached hydrogens (tertiary/aromatic N) is 3. The van der Waals surface area contributed by atoms with E-state index >= 15 is 0 Å². The first-order valence-electron chi connectivity index (χ1n) is 10.9. The third-order valence-electron chi connectivity index (χ3n) is 5.70. The molecule has 4 bridgehead atoms. The van der Waals surface area contributed by atoms with E-state index in [1.807, 2.05) is 47.0 Å². The summed E-state index contributed by atoms with van der Waals surface area (Å²) in [5.41, 5.74) is 2.57. The summed E-state index contributed by atoms with van der Waals surface area (Å²) in [6.45, 7) is 8.64. The number of rotatable bonds is 0. The van der Waals surface area contributed by atoms with Crippen molar-refractivity contribution in [1.29, 1.82) is 0 Å². The van der Waals surface area contributed by atoms with E-state index in [0.717, 1.165) is 22.0 Å². The van der Waals surface area contributed by atoms with Crippen LogP contribution in [0, 0.1) is 6.57 Å². The van der Waals surface area contributed by atoms with E-state index < -0.39 is 0 Å². The summed E-state index contributed by atoms with van der Waals surface area (Å²) in [7, 11) is 0. The lowest BCUT2D eigenvalue weighted by Gasteiger charge is -2.14. The fourth-order valence-electron chi connectivity index (χ4n) is 4.01. The van der Waals surface area contributed by atoms with E-state index in [9.17, 15) is 9.59 Å². The average molecular weight is 451 g/mol. The monoisotopic (exact) mass is 451 g/mol. The maximum absolute atomic E-state index is 12.9. The van der Waals surface area contributed by atoms with Gasteiger partial charge in [0.05, 0.1) is 19.3 Å². The summed E-state index contributed by atoms with van der Waals surface area (Å²) in [4.78, 5) is 33.1. The highest BCUT2D eigenvalue weighted by Crippen LogP contribution is 2.35. The standard InChI is InChI=1S/C26H21N5O3/c1-27-23-8-5-17-11-24(23)34-20-7-6-18-3-2-4-21(22(18)13-20)26(33)30-10-9-29-25(32)12-19-14-28-16-31(19)15-17/h2-8,11,13-14,16H,9-10,12,15H2,(H,29,32)(H,30,33). The van der Waals surface area contributed by atoms with Crippen molar-refractivity contribution in [2.75, 3.05) is 13.1 Å². The zero-order valence-electron chi connectivity index (χ0n) is 18.2. The molecule has 1 aliphatic rings. The predicted octanol–water partition coefficient (Wildman–Crippen LogP) is 3.83. The molecular formula is C26H21N5O3.